The number of benzene rings is 2. The average molecular weight is 487 g/mol. The summed E-state index contributed by atoms with van der Waals surface area (Å²) >= 11 is 0. The van der Waals surface area contributed by atoms with Gasteiger partial charge < -0.3 is 20.1 Å². The van der Waals surface area contributed by atoms with Gasteiger partial charge in [-0.3, -0.25) is 0 Å². The number of ether oxygens (including phenoxy) is 2. The highest BCUT2D eigenvalue weighted by atomic mass is 127. The Morgan fingerprint density at radius 2 is 1.78 bits per heavy atom. The molecule has 0 atom stereocenters. The Morgan fingerprint density at radius 3 is 2.44 bits per heavy atom. The van der Waals surface area contributed by atoms with Gasteiger partial charge in [0.1, 0.15) is 5.75 Å². The lowest BCUT2D eigenvalue weighted by Gasteiger charge is -2.13. The van der Waals surface area contributed by atoms with Gasteiger partial charge in [0.25, 0.3) is 0 Å². The highest BCUT2D eigenvalue weighted by Gasteiger charge is 2.05. The Balaban J connectivity index is 0.00000364. The molecule has 0 saturated carbocycles. The van der Waals surface area contributed by atoms with E-state index >= 15 is 0 Å². The smallest absolute Gasteiger partial charge is 0.191 e. The number of rotatable bonds is 8. The first-order valence-corrected chi connectivity index (χ1v) is 8.64. The van der Waals surface area contributed by atoms with Gasteiger partial charge in [0, 0.05) is 13.1 Å². The van der Waals surface area contributed by atoms with Gasteiger partial charge in [-0.1, -0.05) is 24.3 Å². The molecule has 0 aromatic heterocycles. The van der Waals surface area contributed by atoms with E-state index in [1.54, 1.807) is 13.2 Å². The first-order chi connectivity index (χ1) is 12.7. The summed E-state index contributed by atoms with van der Waals surface area (Å²) in [6, 6.07) is 12.8. The number of aliphatic imine (C=N–C) groups is 1. The van der Waals surface area contributed by atoms with Crippen LogP contribution in [0.4, 0.5) is 4.39 Å². The van der Waals surface area contributed by atoms with Crippen LogP contribution < -0.4 is 20.1 Å². The van der Waals surface area contributed by atoms with E-state index < -0.39 is 0 Å². The molecule has 0 spiro atoms. The van der Waals surface area contributed by atoms with Crippen LogP contribution in [0.2, 0.25) is 0 Å². The molecule has 0 aliphatic rings. The number of methoxy groups -OCH3 is 2. The molecule has 0 aliphatic heterocycles. The molecule has 0 unspecified atom stereocenters. The topological polar surface area (TPSA) is 54.9 Å². The standard InChI is InChI=1S/C20H26FN3O2.HI/c1-4-22-20(23-12-11-16-7-5-6-8-18(16)25-2)24-14-15-9-10-19(26-3)17(21)13-15;/h5-10,13H,4,11-12,14H2,1-3H3,(H2,22,23,24);1H. The fourth-order valence-corrected chi connectivity index (χ4v) is 2.55. The van der Waals surface area contributed by atoms with Gasteiger partial charge in [-0.2, -0.15) is 0 Å². The van der Waals surface area contributed by atoms with Crippen LogP contribution in [0, 0.1) is 5.82 Å². The van der Waals surface area contributed by atoms with Crippen LogP contribution in [0.15, 0.2) is 47.5 Å². The molecular weight excluding hydrogens is 460 g/mol. The van der Waals surface area contributed by atoms with Crippen LogP contribution >= 0.6 is 24.0 Å². The lowest BCUT2D eigenvalue weighted by molar-refractivity contribution is 0.386. The molecule has 148 valence electrons. The van der Waals surface area contributed by atoms with Crippen molar-refractivity contribution in [3.05, 3.63) is 59.4 Å². The molecule has 0 amide bonds. The average Bonchev–Trinajstić information content (AvgIpc) is 2.66. The summed E-state index contributed by atoms with van der Waals surface area (Å²) in [7, 11) is 3.12. The monoisotopic (exact) mass is 487 g/mol. The van der Waals surface area contributed by atoms with Crippen molar-refractivity contribution in [2.45, 2.75) is 19.9 Å². The number of nitrogens with zero attached hydrogens (tertiary/aromatic N) is 1. The van der Waals surface area contributed by atoms with Gasteiger partial charge in [-0.15, -0.1) is 24.0 Å². The predicted octanol–water partition coefficient (Wildman–Crippen LogP) is 3.76. The molecule has 0 aliphatic carbocycles. The molecule has 5 nitrogen and oxygen atoms in total. The maximum Gasteiger partial charge on any atom is 0.191 e. The number of hydrogen-bond donors (Lipinski definition) is 2. The number of guanidine groups is 1. The van der Waals surface area contributed by atoms with Crippen LogP contribution in [-0.2, 0) is 13.0 Å². The summed E-state index contributed by atoms with van der Waals surface area (Å²) < 4.78 is 24.1. The highest BCUT2D eigenvalue weighted by Crippen LogP contribution is 2.18. The zero-order chi connectivity index (χ0) is 18.8. The van der Waals surface area contributed by atoms with E-state index in [-0.39, 0.29) is 35.5 Å². The molecule has 0 heterocycles. The minimum absolute atomic E-state index is 0. The molecular formula is C20H27FIN3O2. The van der Waals surface area contributed by atoms with E-state index in [1.807, 2.05) is 37.3 Å². The molecule has 0 radical (unpaired) electrons. The second-order valence-electron chi connectivity index (χ2n) is 5.65. The Morgan fingerprint density at radius 1 is 1.04 bits per heavy atom. The molecule has 7 heteroatoms. The van der Waals surface area contributed by atoms with Crippen molar-refractivity contribution in [1.29, 1.82) is 0 Å². The Kier molecular flexibility index (Phi) is 10.5. The van der Waals surface area contributed by atoms with Crippen LogP contribution in [0.25, 0.3) is 0 Å². The fraction of sp³-hybridized carbons (Fsp3) is 0.350. The molecule has 2 aromatic carbocycles. The molecule has 0 saturated heterocycles. The van der Waals surface area contributed by atoms with E-state index in [9.17, 15) is 4.39 Å². The molecule has 27 heavy (non-hydrogen) atoms. The van der Waals surface area contributed by atoms with Gasteiger partial charge in [0.05, 0.1) is 20.8 Å². The van der Waals surface area contributed by atoms with Crippen LogP contribution in [0.3, 0.4) is 0 Å². The van der Waals surface area contributed by atoms with Gasteiger partial charge >= 0.3 is 0 Å². The maximum atomic E-state index is 13.8. The summed E-state index contributed by atoms with van der Waals surface area (Å²) in [5.41, 5.74) is 1.92. The SMILES string of the molecule is CCNC(=NCc1ccc(OC)c(F)c1)NCCc1ccccc1OC.I. The van der Waals surface area contributed by atoms with Crippen LogP contribution in [-0.4, -0.2) is 33.3 Å². The van der Waals surface area contributed by atoms with Gasteiger partial charge in [-0.25, -0.2) is 9.38 Å². The third-order valence-corrected chi connectivity index (χ3v) is 3.86. The maximum absolute atomic E-state index is 13.8. The number of halogens is 2. The van der Waals surface area contributed by atoms with Crippen molar-refractivity contribution in [3.63, 3.8) is 0 Å². The summed E-state index contributed by atoms with van der Waals surface area (Å²) in [5.74, 6) is 1.43. The van der Waals surface area contributed by atoms with Crippen LogP contribution in [0.1, 0.15) is 18.1 Å². The quantitative estimate of drug-likeness (QED) is 0.339. The van der Waals surface area contributed by atoms with Gasteiger partial charge in [0.15, 0.2) is 17.5 Å². The van der Waals surface area contributed by atoms with Gasteiger partial charge in [0.2, 0.25) is 0 Å². The summed E-state index contributed by atoms with van der Waals surface area (Å²) in [6.45, 7) is 3.84. The lowest BCUT2D eigenvalue weighted by Crippen LogP contribution is -2.38. The molecule has 2 N–H and O–H groups in total. The zero-order valence-corrected chi connectivity index (χ0v) is 18.3. The van der Waals surface area contributed by atoms with Crippen molar-refractivity contribution in [1.82, 2.24) is 10.6 Å². The first kappa shape index (κ1) is 23.0. The summed E-state index contributed by atoms with van der Waals surface area (Å²) in [6.07, 6.45) is 0.811. The highest BCUT2D eigenvalue weighted by molar-refractivity contribution is 14.0. The summed E-state index contributed by atoms with van der Waals surface area (Å²) in [5, 5.41) is 6.49. The van der Waals surface area contributed by atoms with E-state index in [0.717, 1.165) is 29.8 Å². The Hall–Kier alpha value is -2.03. The van der Waals surface area contributed by atoms with E-state index in [1.165, 1.54) is 13.2 Å². The number of para-hydroxylation sites is 1. The first-order valence-electron chi connectivity index (χ1n) is 8.64. The van der Waals surface area contributed by atoms with E-state index in [0.29, 0.717) is 19.0 Å². The Labute approximate surface area is 177 Å². The molecule has 2 aromatic rings. The minimum atomic E-state index is -0.380. The van der Waals surface area contributed by atoms with E-state index in [2.05, 4.69) is 15.6 Å². The third kappa shape index (κ3) is 7.24. The van der Waals surface area contributed by atoms with Crippen LogP contribution in [0.5, 0.6) is 11.5 Å². The van der Waals surface area contributed by atoms with Crippen molar-refractivity contribution in [2.24, 2.45) is 4.99 Å². The summed E-state index contributed by atoms with van der Waals surface area (Å²) in [4.78, 5) is 4.51. The number of nitrogens with one attached hydrogen (secondary N) is 2. The molecule has 0 bridgehead atoms. The normalized spacial score (nSPS) is 10.7. The van der Waals surface area contributed by atoms with E-state index in [4.69, 9.17) is 9.47 Å². The van der Waals surface area contributed by atoms with Crippen molar-refractivity contribution in [2.75, 3.05) is 27.3 Å². The van der Waals surface area contributed by atoms with Crippen molar-refractivity contribution >= 4 is 29.9 Å². The fourth-order valence-electron chi connectivity index (χ4n) is 2.55. The predicted molar refractivity (Wildman–Crippen MR) is 118 cm³/mol. The third-order valence-electron chi connectivity index (χ3n) is 3.86. The Bertz CT molecular complexity index is 741. The lowest BCUT2D eigenvalue weighted by atomic mass is 10.1. The number of hydrogen-bond acceptors (Lipinski definition) is 3. The van der Waals surface area contributed by atoms with Crippen molar-refractivity contribution in [3.8, 4) is 11.5 Å². The molecule has 2 rings (SSSR count). The molecule has 0 fully saturated rings. The second-order valence-corrected chi connectivity index (χ2v) is 5.65. The largest absolute Gasteiger partial charge is 0.496 e. The second kappa shape index (κ2) is 12.4. The zero-order valence-electron chi connectivity index (χ0n) is 15.9. The van der Waals surface area contributed by atoms with Crippen molar-refractivity contribution < 1.29 is 13.9 Å². The van der Waals surface area contributed by atoms with Gasteiger partial charge in [-0.05, 0) is 42.7 Å². The minimum Gasteiger partial charge on any atom is -0.496 e.